The smallest absolute Gasteiger partial charge is 0.165 e. The summed E-state index contributed by atoms with van der Waals surface area (Å²) in [6.45, 7) is 0. The molecule has 3 aromatic heterocycles. The molecule has 64 heavy (non-hydrogen) atoms. The van der Waals surface area contributed by atoms with Gasteiger partial charge in [-0.05, 0) is 92.3 Å². The summed E-state index contributed by atoms with van der Waals surface area (Å²) in [5, 5.41) is 8.57. The molecule has 0 unspecified atom stereocenters. The summed E-state index contributed by atoms with van der Waals surface area (Å²) in [4.78, 5) is 15.4. The van der Waals surface area contributed by atoms with Crippen molar-refractivity contribution in [1.82, 2.24) is 19.5 Å². The van der Waals surface area contributed by atoms with Crippen molar-refractivity contribution in [2.75, 3.05) is 0 Å². The van der Waals surface area contributed by atoms with Crippen LogP contribution in [0.1, 0.15) is 6.85 Å². The molecule has 0 atom stereocenters. The van der Waals surface area contributed by atoms with Gasteiger partial charge in [0.15, 0.2) is 17.5 Å². The Morgan fingerprint density at radius 1 is 0.375 bits per heavy atom. The maximum absolute atomic E-state index is 9.09. The molecule has 3 heterocycles. The highest BCUT2D eigenvalue weighted by Crippen LogP contribution is 2.44. The summed E-state index contributed by atoms with van der Waals surface area (Å²) >= 11 is 1.65. The van der Waals surface area contributed by atoms with Crippen molar-refractivity contribution in [3.05, 3.63) is 218 Å². The van der Waals surface area contributed by atoms with E-state index in [1.807, 2.05) is 30.3 Å². The second-order valence-corrected chi connectivity index (χ2v) is 17.1. The Hall–Kier alpha value is -8.25. The molecular weight excluding hydrogens is 797 g/mol. The van der Waals surface area contributed by atoms with E-state index < -0.39 is 18.1 Å². The van der Waals surface area contributed by atoms with Gasteiger partial charge >= 0.3 is 0 Å². The zero-order valence-electron chi connectivity index (χ0n) is 39.1. The summed E-state index contributed by atoms with van der Waals surface area (Å²) in [6.07, 6.45) is 0. The fourth-order valence-corrected chi connectivity index (χ4v) is 10.5. The molecule has 0 amide bonds. The molecule has 4 nitrogen and oxygen atoms in total. The van der Waals surface area contributed by atoms with E-state index in [0.29, 0.717) is 17.2 Å². The number of fused-ring (bicyclic) bond motifs is 9. The molecule has 0 fully saturated rings. The highest BCUT2D eigenvalue weighted by atomic mass is 32.1. The van der Waals surface area contributed by atoms with Crippen molar-refractivity contribution in [2.45, 2.75) is 0 Å². The van der Waals surface area contributed by atoms with Crippen LogP contribution in [0.4, 0.5) is 0 Å². The van der Waals surface area contributed by atoms with Crippen molar-refractivity contribution >= 4 is 74.9 Å². The molecule has 0 N–H and O–H groups in total. The number of hydrogen-bond donors (Lipinski definition) is 0. The third-order valence-electron chi connectivity index (χ3n) is 12.3. The second-order valence-electron chi connectivity index (χ2n) is 16.0. The Morgan fingerprint density at radius 2 is 0.953 bits per heavy atom. The number of thiophene rings is 1. The molecule has 0 aliphatic carbocycles. The molecule has 0 radical (unpaired) electrons. The van der Waals surface area contributed by atoms with Gasteiger partial charge in [0.2, 0.25) is 0 Å². The normalized spacial score (nSPS) is 12.8. The van der Waals surface area contributed by atoms with Crippen LogP contribution in [-0.4, -0.2) is 19.5 Å². The maximum atomic E-state index is 9.09. The number of aromatic nitrogens is 4. The first kappa shape index (κ1) is 31.6. The van der Waals surface area contributed by atoms with Crippen LogP contribution in [0.2, 0.25) is 0 Å². The van der Waals surface area contributed by atoms with Gasteiger partial charge in [0.1, 0.15) is 0 Å². The molecule has 0 spiro atoms. The number of para-hydroxylation sites is 2. The largest absolute Gasteiger partial charge is 0.309 e. The minimum Gasteiger partial charge on any atom is -0.309 e. The monoisotopic (exact) mass is 837 g/mol. The Kier molecular flexibility index (Phi) is 7.25. The van der Waals surface area contributed by atoms with E-state index >= 15 is 0 Å². The van der Waals surface area contributed by atoms with Crippen LogP contribution < -0.4 is 0 Å². The van der Waals surface area contributed by atoms with Gasteiger partial charge in [-0.15, -0.1) is 11.3 Å². The average Bonchev–Trinajstić information content (AvgIpc) is 3.95. The van der Waals surface area contributed by atoms with Gasteiger partial charge in [-0.1, -0.05) is 170 Å². The first-order valence-corrected chi connectivity index (χ1v) is 22.0. The van der Waals surface area contributed by atoms with E-state index in [4.69, 9.17) is 21.8 Å². The third-order valence-corrected chi connectivity index (χ3v) is 13.5. The van der Waals surface area contributed by atoms with Crippen molar-refractivity contribution in [3.8, 4) is 62.1 Å². The Bertz CT molecular complexity index is 4200. The van der Waals surface area contributed by atoms with E-state index in [-0.39, 0.29) is 23.5 Å². The van der Waals surface area contributed by atoms with Gasteiger partial charge in [-0.3, -0.25) is 0 Å². The quantitative estimate of drug-likeness (QED) is 0.157. The SMILES string of the molecule is [2H]c1c([2H])c([2H])c(-c2nc(-c3ccc4ccc5ccccc5c4c3)nc(-c3cc(-n4c5ccccc5c5ccccc54)cc4c3sc3ccc(-c5cccc(-c6ccccc6)c5)cc34)n2)c([2H])c1[2H]. The van der Waals surface area contributed by atoms with Crippen molar-refractivity contribution < 1.29 is 6.85 Å². The number of hydrogen-bond acceptors (Lipinski definition) is 4. The zero-order valence-corrected chi connectivity index (χ0v) is 34.9. The van der Waals surface area contributed by atoms with Gasteiger partial charge in [0, 0.05) is 53.3 Å². The third kappa shape index (κ3) is 6.01. The number of benzene rings is 10. The maximum Gasteiger partial charge on any atom is 0.165 e. The first-order valence-electron chi connectivity index (χ1n) is 23.7. The lowest BCUT2D eigenvalue weighted by atomic mass is 9.97. The summed E-state index contributed by atoms with van der Waals surface area (Å²) in [5.41, 5.74) is 8.79. The topological polar surface area (TPSA) is 43.6 Å². The van der Waals surface area contributed by atoms with Gasteiger partial charge in [-0.2, -0.15) is 0 Å². The van der Waals surface area contributed by atoms with Gasteiger partial charge in [-0.25, -0.2) is 15.0 Å². The lowest BCUT2D eigenvalue weighted by molar-refractivity contribution is 1.08. The molecule has 10 aromatic carbocycles. The summed E-state index contributed by atoms with van der Waals surface area (Å²) < 4.78 is 48.2. The fourth-order valence-electron chi connectivity index (χ4n) is 9.29. The minimum atomic E-state index is -0.485. The molecule has 0 aliphatic rings. The lowest BCUT2D eigenvalue weighted by Crippen LogP contribution is -2.01. The van der Waals surface area contributed by atoms with Crippen molar-refractivity contribution in [2.24, 2.45) is 0 Å². The van der Waals surface area contributed by atoms with Crippen LogP contribution in [0.5, 0.6) is 0 Å². The van der Waals surface area contributed by atoms with E-state index in [1.165, 1.54) is 0 Å². The van der Waals surface area contributed by atoms with E-state index in [1.54, 1.807) is 11.3 Å². The second kappa shape index (κ2) is 14.7. The highest BCUT2D eigenvalue weighted by Gasteiger charge is 2.21. The fraction of sp³-hybridized carbons (Fsp3) is 0. The molecule has 0 aliphatic heterocycles. The molecule has 13 aromatic rings. The number of nitrogens with zero attached hydrogens (tertiary/aromatic N) is 4. The first-order chi connectivity index (χ1) is 33.8. The predicted molar refractivity (Wildman–Crippen MR) is 269 cm³/mol. The van der Waals surface area contributed by atoms with Crippen molar-refractivity contribution in [3.63, 3.8) is 0 Å². The summed E-state index contributed by atoms with van der Waals surface area (Å²) in [6, 6.07) is 63.3. The van der Waals surface area contributed by atoms with Gasteiger partial charge < -0.3 is 4.57 Å². The molecule has 13 rings (SSSR count). The Balaban J connectivity index is 1.11. The van der Waals surface area contributed by atoms with Gasteiger partial charge in [0.25, 0.3) is 0 Å². The minimum absolute atomic E-state index is 0.0119. The highest BCUT2D eigenvalue weighted by molar-refractivity contribution is 7.26. The summed E-state index contributed by atoms with van der Waals surface area (Å²) in [5.74, 6) is 0.616. The van der Waals surface area contributed by atoms with Gasteiger partial charge in [0.05, 0.1) is 17.9 Å². The van der Waals surface area contributed by atoms with Crippen LogP contribution >= 0.6 is 11.3 Å². The van der Waals surface area contributed by atoms with E-state index in [2.05, 4.69) is 162 Å². The molecule has 0 saturated heterocycles. The molecule has 0 bridgehead atoms. The number of rotatable bonds is 6. The Morgan fingerprint density at radius 3 is 1.73 bits per heavy atom. The van der Waals surface area contributed by atoms with E-state index in [0.717, 1.165) is 97.0 Å². The lowest BCUT2D eigenvalue weighted by Gasteiger charge is -2.13. The molecule has 5 heteroatoms. The van der Waals surface area contributed by atoms with Crippen LogP contribution in [0.3, 0.4) is 0 Å². The van der Waals surface area contributed by atoms with Crippen LogP contribution in [0, 0.1) is 0 Å². The zero-order chi connectivity index (χ0) is 46.5. The van der Waals surface area contributed by atoms with Crippen LogP contribution in [0.15, 0.2) is 218 Å². The predicted octanol–water partition coefficient (Wildman–Crippen LogP) is 16.0. The average molecular weight is 838 g/mol. The van der Waals surface area contributed by atoms with Crippen LogP contribution in [-0.2, 0) is 0 Å². The van der Waals surface area contributed by atoms with E-state index in [9.17, 15) is 0 Å². The standard InChI is InChI=1S/C59H36N4S/c1-3-14-37(15-4-1)41-19-13-20-42(32-41)43-30-31-55-50(33-43)51-35-45(63-53-24-11-9-22-47(53)48-23-10-12-25-54(48)63)36-52(56(51)64-55)59-61-57(40-17-5-2-6-18-40)60-58(62-59)44-29-28-39-27-26-38-16-7-8-21-46(38)49(39)34-44/h1-36H/i2D,5D,6D,17D,18D. The summed E-state index contributed by atoms with van der Waals surface area (Å²) in [7, 11) is 0. The molecule has 298 valence electrons. The Labute approximate surface area is 380 Å². The molecule has 0 saturated carbocycles. The molecular formula is C59H36N4S. The van der Waals surface area contributed by atoms with Crippen LogP contribution in [0.25, 0.3) is 126 Å². The van der Waals surface area contributed by atoms with Crippen molar-refractivity contribution in [1.29, 1.82) is 0 Å².